The zero-order chi connectivity index (χ0) is 18.9. The molecule has 9 heteroatoms. The van der Waals surface area contributed by atoms with Crippen LogP contribution in [0.1, 0.15) is 39.5 Å². The molecule has 3 rings (SSSR count). The molecule has 26 heavy (non-hydrogen) atoms. The van der Waals surface area contributed by atoms with Crippen LogP contribution in [0.15, 0.2) is 27.2 Å². The number of halogens is 2. The molecule has 3 heterocycles. The Hall–Kier alpha value is -2.03. The van der Waals surface area contributed by atoms with Crippen LogP contribution in [0.2, 0.25) is 0 Å². The highest BCUT2D eigenvalue weighted by Gasteiger charge is 2.44. The molecule has 2 aromatic heterocycles. The fraction of sp³-hybridized carbons (Fsp3) is 0.529. The van der Waals surface area contributed by atoms with E-state index in [2.05, 4.69) is 31.1 Å². The average Bonchev–Trinajstić information content (AvgIpc) is 3.04. The molecule has 7 nitrogen and oxygen atoms in total. The maximum atomic E-state index is 15.5. The second kappa shape index (κ2) is 6.94. The molecule has 140 valence electrons. The summed E-state index contributed by atoms with van der Waals surface area (Å²) in [5.41, 5.74) is -2.11. The van der Waals surface area contributed by atoms with Gasteiger partial charge in [0.25, 0.3) is 11.8 Å². The third-order valence-corrected chi connectivity index (χ3v) is 4.34. The lowest BCUT2D eigenvalue weighted by atomic mass is 9.95. The molecule has 0 unspecified atom stereocenters. The topological polar surface area (TPSA) is 81.4 Å². The maximum Gasteiger partial charge on any atom is 0.410 e. The summed E-state index contributed by atoms with van der Waals surface area (Å²) >= 11 is 3.34. The number of hydrogen-bond donors (Lipinski definition) is 0. The van der Waals surface area contributed by atoms with E-state index in [1.54, 1.807) is 39.1 Å². The highest BCUT2D eigenvalue weighted by atomic mass is 79.9. The highest BCUT2D eigenvalue weighted by molar-refractivity contribution is 9.10. The Morgan fingerprint density at radius 2 is 2.19 bits per heavy atom. The van der Waals surface area contributed by atoms with Gasteiger partial charge < -0.3 is 14.1 Å². The molecular formula is C17H20BrFN4O3. The monoisotopic (exact) mass is 426 g/mol. The van der Waals surface area contributed by atoms with E-state index in [0.717, 1.165) is 4.47 Å². The van der Waals surface area contributed by atoms with Crippen LogP contribution in [0.4, 0.5) is 9.18 Å². The summed E-state index contributed by atoms with van der Waals surface area (Å²) in [6.45, 7) is 5.55. The van der Waals surface area contributed by atoms with Gasteiger partial charge in [0.2, 0.25) is 5.67 Å². The molecule has 1 aliphatic rings. The number of nitrogens with zero attached hydrogens (tertiary/aromatic N) is 4. The van der Waals surface area contributed by atoms with E-state index in [-0.39, 0.29) is 24.7 Å². The minimum absolute atomic E-state index is 0.132. The Morgan fingerprint density at radius 3 is 2.88 bits per heavy atom. The van der Waals surface area contributed by atoms with Gasteiger partial charge in [-0.05, 0) is 45.7 Å². The number of alkyl halides is 1. The molecule has 2 aromatic rings. The summed E-state index contributed by atoms with van der Waals surface area (Å²) in [5, 5.41) is 7.76. The van der Waals surface area contributed by atoms with Crippen LogP contribution in [0.5, 0.6) is 0 Å². The first kappa shape index (κ1) is 18.8. The van der Waals surface area contributed by atoms with Gasteiger partial charge in [-0.15, -0.1) is 10.2 Å². The van der Waals surface area contributed by atoms with Crippen molar-refractivity contribution >= 4 is 22.0 Å². The molecule has 1 amide bonds. The minimum atomic E-state index is -1.91. The van der Waals surface area contributed by atoms with Gasteiger partial charge >= 0.3 is 6.09 Å². The van der Waals surface area contributed by atoms with Gasteiger partial charge in [-0.1, -0.05) is 15.9 Å². The lowest BCUT2D eigenvalue weighted by Crippen LogP contribution is -2.48. The Balaban J connectivity index is 1.79. The van der Waals surface area contributed by atoms with E-state index < -0.39 is 17.4 Å². The molecule has 0 N–H and O–H groups in total. The number of likely N-dealkylation sites (tertiary alicyclic amines) is 1. The molecule has 0 saturated carbocycles. The first-order valence-electron chi connectivity index (χ1n) is 8.29. The summed E-state index contributed by atoms with van der Waals surface area (Å²) in [5.74, 6) is -0.0183. The van der Waals surface area contributed by atoms with E-state index in [9.17, 15) is 4.79 Å². The predicted octanol–water partition coefficient (Wildman–Crippen LogP) is 4.09. The Labute approximate surface area is 159 Å². The number of ether oxygens (including phenoxy) is 1. The zero-order valence-electron chi connectivity index (χ0n) is 14.8. The Kier molecular flexibility index (Phi) is 5.01. The smallest absolute Gasteiger partial charge is 0.410 e. The molecule has 0 spiro atoms. The van der Waals surface area contributed by atoms with Crippen LogP contribution in [0.3, 0.4) is 0 Å². The van der Waals surface area contributed by atoms with Crippen molar-refractivity contribution in [3.63, 3.8) is 0 Å². The molecule has 0 aliphatic carbocycles. The summed E-state index contributed by atoms with van der Waals surface area (Å²) in [6.07, 6.45) is 1.70. The molecular weight excluding hydrogens is 407 g/mol. The summed E-state index contributed by atoms with van der Waals surface area (Å²) in [6, 6.07) is 3.47. The zero-order valence-corrected chi connectivity index (χ0v) is 16.4. The third kappa shape index (κ3) is 4.20. The van der Waals surface area contributed by atoms with Crippen molar-refractivity contribution in [2.24, 2.45) is 0 Å². The predicted molar refractivity (Wildman–Crippen MR) is 95.1 cm³/mol. The molecule has 1 saturated heterocycles. The lowest BCUT2D eigenvalue weighted by Gasteiger charge is -2.36. The number of carbonyl (C=O) groups excluding carboxylic acids is 1. The van der Waals surface area contributed by atoms with Crippen LogP contribution in [0.25, 0.3) is 11.6 Å². The van der Waals surface area contributed by atoms with Crippen LogP contribution in [-0.2, 0) is 10.4 Å². The summed E-state index contributed by atoms with van der Waals surface area (Å²) in [4.78, 5) is 17.7. The number of hydrogen-bond acceptors (Lipinski definition) is 6. The van der Waals surface area contributed by atoms with Crippen molar-refractivity contribution in [1.29, 1.82) is 0 Å². The SMILES string of the molecule is CC(C)(C)OC(=O)N1CCC[C@](F)(c2nnc(-c3cc(Br)ccn3)o2)C1. The minimum Gasteiger partial charge on any atom is -0.444 e. The standard InChI is InChI=1S/C17H20BrFN4O3/c1-16(2,3)26-15(24)23-8-4-6-17(19,10-23)14-22-21-13(25-14)12-9-11(18)5-7-20-12/h5,7,9H,4,6,8,10H2,1-3H3/t17-/m1/s1. The van der Waals surface area contributed by atoms with Crippen molar-refractivity contribution < 1.29 is 18.3 Å². The fourth-order valence-corrected chi connectivity index (χ4v) is 3.03. The highest BCUT2D eigenvalue weighted by Crippen LogP contribution is 2.36. The van der Waals surface area contributed by atoms with Gasteiger partial charge in [0.15, 0.2) is 0 Å². The quantitative estimate of drug-likeness (QED) is 0.718. The molecule has 1 aliphatic heterocycles. The van der Waals surface area contributed by atoms with E-state index in [1.165, 1.54) is 4.90 Å². The van der Waals surface area contributed by atoms with Crippen molar-refractivity contribution in [1.82, 2.24) is 20.1 Å². The van der Waals surface area contributed by atoms with Crippen molar-refractivity contribution in [3.8, 4) is 11.6 Å². The Bertz CT molecular complexity index is 807. The number of aromatic nitrogens is 3. The lowest BCUT2D eigenvalue weighted by molar-refractivity contribution is -0.0144. The number of carbonyl (C=O) groups is 1. The molecule has 1 fully saturated rings. The van der Waals surface area contributed by atoms with Gasteiger partial charge in [-0.2, -0.15) is 0 Å². The molecule has 0 aromatic carbocycles. The maximum absolute atomic E-state index is 15.5. The average molecular weight is 427 g/mol. The van der Waals surface area contributed by atoms with Crippen LogP contribution >= 0.6 is 15.9 Å². The van der Waals surface area contributed by atoms with Gasteiger partial charge in [-0.25, -0.2) is 9.18 Å². The number of piperidine rings is 1. The third-order valence-electron chi connectivity index (χ3n) is 3.84. The second-order valence-electron chi connectivity index (χ2n) is 7.24. The van der Waals surface area contributed by atoms with Crippen LogP contribution in [-0.4, -0.2) is 44.9 Å². The van der Waals surface area contributed by atoms with Crippen molar-refractivity contribution in [2.45, 2.75) is 44.9 Å². The van der Waals surface area contributed by atoms with Crippen molar-refractivity contribution in [2.75, 3.05) is 13.1 Å². The Morgan fingerprint density at radius 1 is 1.42 bits per heavy atom. The van der Waals surface area contributed by atoms with Crippen LogP contribution in [0, 0.1) is 0 Å². The fourth-order valence-electron chi connectivity index (χ4n) is 2.70. The first-order chi connectivity index (χ1) is 12.2. The van der Waals surface area contributed by atoms with Gasteiger partial charge in [0.1, 0.15) is 11.3 Å². The van der Waals surface area contributed by atoms with Gasteiger partial charge in [0, 0.05) is 17.2 Å². The van der Waals surface area contributed by atoms with Crippen LogP contribution < -0.4 is 0 Å². The molecule has 1 atom stereocenters. The van der Waals surface area contributed by atoms with E-state index in [0.29, 0.717) is 18.7 Å². The van der Waals surface area contributed by atoms with E-state index in [1.807, 2.05) is 0 Å². The first-order valence-corrected chi connectivity index (χ1v) is 9.08. The van der Waals surface area contributed by atoms with E-state index >= 15 is 4.39 Å². The number of amides is 1. The van der Waals surface area contributed by atoms with Crippen molar-refractivity contribution in [3.05, 3.63) is 28.7 Å². The number of pyridine rings is 1. The van der Waals surface area contributed by atoms with E-state index in [4.69, 9.17) is 9.15 Å². The molecule has 0 bridgehead atoms. The van der Waals surface area contributed by atoms with Gasteiger partial charge in [0.05, 0.1) is 6.54 Å². The normalized spacial score (nSPS) is 20.9. The molecule has 0 radical (unpaired) electrons. The summed E-state index contributed by atoms with van der Waals surface area (Å²) in [7, 11) is 0. The number of rotatable bonds is 2. The van der Waals surface area contributed by atoms with Gasteiger partial charge in [-0.3, -0.25) is 4.98 Å². The second-order valence-corrected chi connectivity index (χ2v) is 8.16. The summed E-state index contributed by atoms with van der Waals surface area (Å²) < 4.78 is 27.1. The largest absolute Gasteiger partial charge is 0.444 e.